The van der Waals surface area contributed by atoms with Crippen molar-refractivity contribution in [2.24, 2.45) is 0 Å². The van der Waals surface area contributed by atoms with Crippen LogP contribution in [0.25, 0.3) is 10.9 Å². The SMILES string of the molecule is Cc1ccc(S(=O)(=O)O)c(C(C)Oc2cccc(Nc3ncnc4cnc(NCCN5CCOCC5)cc34)c2)c1. The molecule has 1 unspecified atom stereocenters. The van der Waals surface area contributed by atoms with Gasteiger partial charge in [0.25, 0.3) is 10.1 Å². The smallest absolute Gasteiger partial charge is 0.294 e. The summed E-state index contributed by atoms with van der Waals surface area (Å²) in [6.07, 6.45) is 2.56. The molecule has 2 aromatic heterocycles. The number of nitrogens with zero attached hydrogens (tertiary/aromatic N) is 4. The van der Waals surface area contributed by atoms with Crippen molar-refractivity contribution in [2.45, 2.75) is 24.8 Å². The first-order chi connectivity index (χ1) is 19.3. The summed E-state index contributed by atoms with van der Waals surface area (Å²) in [5.41, 5.74) is 2.66. The van der Waals surface area contributed by atoms with E-state index in [1.54, 1.807) is 37.4 Å². The molecule has 1 aliphatic heterocycles. The third-order valence-electron chi connectivity index (χ3n) is 6.65. The summed E-state index contributed by atoms with van der Waals surface area (Å²) in [4.78, 5) is 15.5. The second-order valence-electron chi connectivity index (χ2n) is 9.62. The minimum atomic E-state index is -4.40. The van der Waals surface area contributed by atoms with Crippen LogP contribution in [0, 0.1) is 6.92 Å². The van der Waals surface area contributed by atoms with E-state index in [1.807, 2.05) is 25.1 Å². The molecule has 0 bridgehead atoms. The molecule has 1 aliphatic rings. The van der Waals surface area contributed by atoms with E-state index in [-0.39, 0.29) is 4.90 Å². The highest BCUT2D eigenvalue weighted by molar-refractivity contribution is 7.85. The van der Waals surface area contributed by atoms with E-state index >= 15 is 0 Å². The van der Waals surface area contributed by atoms with Gasteiger partial charge in [-0.2, -0.15) is 8.42 Å². The van der Waals surface area contributed by atoms with Gasteiger partial charge in [-0.15, -0.1) is 0 Å². The monoisotopic (exact) mass is 564 g/mol. The standard InChI is InChI=1S/C28H32N6O5S/c1-19-6-7-26(40(35,36)37)23(14-19)20(2)39-22-5-3-4-21(15-22)33-28-24-16-27(30-17-25(24)31-18-32-28)29-8-9-34-10-12-38-13-11-34/h3-7,14-18,20H,8-13H2,1-2H3,(H,29,30)(H,31,32,33)(H,35,36,37). The topological polar surface area (TPSA) is 139 Å². The molecular weight excluding hydrogens is 532 g/mol. The van der Waals surface area contributed by atoms with Crippen LogP contribution in [0.5, 0.6) is 5.75 Å². The predicted molar refractivity (Wildman–Crippen MR) is 153 cm³/mol. The molecule has 0 spiro atoms. The largest absolute Gasteiger partial charge is 0.486 e. The summed E-state index contributed by atoms with van der Waals surface area (Å²) in [7, 11) is -4.40. The fraction of sp³-hybridized carbons (Fsp3) is 0.321. The Morgan fingerprint density at radius 3 is 2.73 bits per heavy atom. The average molecular weight is 565 g/mol. The number of hydrogen-bond donors (Lipinski definition) is 3. The number of morpholine rings is 1. The zero-order chi connectivity index (χ0) is 28.1. The van der Waals surface area contributed by atoms with Gasteiger partial charge in [-0.05, 0) is 38.1 Å². The molecule has 2 aromatic carbocycles. The van der Waals surface area contributed by atoms with Crippen LogP contribution in [0.2, 0.25) is 0 Å². The Balaban J connectivity index is 1.31. The van der Waals surface area contributed by atoms with Crippen molar-refractivity contribution in [2.75, 3.05) is 50.0 Å². The number of hydrogen-bond acceptors (Lipinski definition) is 10. The lowest BCUT2D eigenvalue weighted by atomic mass is 10.1. The van der Waals surface area contributed by atoms with Crippen LogP contribution < -0.4 is 15.4 Å². The van der Waals surface area contributed by atoms with Gasteiger partial charge in [0.1, 0.15) is 34.7 Å². The van der Waals surface area contributed by atoms with E-state index in [0.29, 0.717) is 22.6 Å². The fourth-order valence-electron chi connectivity index (χ4n) is 4.59. The van der Waals surface area contributed by atoms with Crippen molar-refractivity contribution in [1.82, 2.24) is 19.9 Å². The molecule has 1 fully saturated rings. The fourth-order valence-corrected chi connectivity index (χ4v) is 5.36. The summed E-state index contributed by atoms with van der Waals surface area (Å²) in [5.74, 6) is 1.87. The number of rotatable bonds is 10. The molecule has 11 nitrogen and oxygen atoms in total. The third-order valence-corrected chi connectivity index (χ3v) is 7.58. The van der Waals surface area contributed by atoms with Gasteiger partial charge in [-0.25, -0.2) is 15.0 Å². The van der Waals surface area contributed by atoms with Crippen molar-refractivity contribution in [3.8, 4) is 5.75 Å². The quantitative estimate of drug-likeness (QED) is 0.239. The minimum absolute atomic E-state index is 0.171. The first kappa shape index (κ1) is 27.7. The van der Waals surface area contributed by atoms with Crippen LogP contribution in [0.1, 0.15) is 24.2 Å². The molecule has 1 atom stereocenters. The molecule has 5 rings (SSSR count). The Hall–Kier alpha value is -3.84. The van der Waals surface area contributed by atoms with E-state index in [1.165, 1.54) is 12.4 Å². The lowest BCUT2D eigenvalue weighted by Crippen LogP contribution is -2.39. The van der Waals surface area contributed by atoms with Crippen LogP contribution in [-0.4, -0.2) is 72.2 Å². The van der Waals surface area contributed by atoms with Crippen molar-refractivity contribution >= 4 is 38.3 Å². The number of pyridine rings is 1. The van der Waals surface area contributed by atoms with Gasteiger partial charge >= 0.3 is 0 Å². The van der Waals surface area contributed by atoms with Crippen molar-refractivity contribution in [1.29, 1.82) is 0 Å². The lowest BCUT2D eigenvalue weighted by Gasteiger charge is -2.26. The van der Waals surface area contributed by atoms with Gasteiger partial charge in [0.05, 0.1) is 24.9 Å². The third kappa shape index (κ3) is 6.83. The summed E-state index contributed by atoms with van der Waals surface area (Å²) in [5, 5.41) is 7.53. The molecule has 0 aliphatic carbocycles. The molecule has 210 valence electrons. The van der Waals surface area contributed by atoms with E-state index in [9.17, 15) is 13.0 Å². The zero-order valence-electron chi connectivity index (χ0n) is 22.4. The van der Waals surface area contributed by atoms with Gasteiger partial charge < -0.3 is 20.1 Å². The zero-order valence-corrected chi connectivity index (χ0v) is 23.2. The summed E-state index contributed by atoms with van der Waals surface area (Å²) >= 11 is 0. The highest BCUT2D eigenvalue weighted by Crippen LogP contribution is 2.31. The maximum atomic E-state index is 11.9. The van der Waals surface area contributed by atoms with Crippen molar-refractivity contribution in [3.63, 3.8) is 0 Å². The van der Waals surface area contributed by atoms with Crippen LogP contribution in [0.3, 0.4) is 0 Å². The number of aryl methyl sites for hydroxylation is 1. The summed E-state index contributed by atoms with van der Waals surface area (Å²) in [6.45, 7) is 8.65. The minimum Gasteiger partial charge on any atom is -0.486 e. The first-order valence-electron chi connectivity index (χ1n) is 13.0. The van der Waals surface area contributed by atoms with Crippen LogP contribution >= 0.6 is 0 Å². The molecule has 3 N–H and O–H groups in total. The van der Waals surface area contributed by atoms with Crippen LogP contribution in [-0.2, 0) is 14.9 Å². The van der Waals surface area contributed by atoms with Crippen molar-refractivity contribution < 1.29 is 22.4 Å². The summed E-state index contributed by atoms with van der Waals surface area (Å²) in [6, 6.07) is 13.9. The average Bonchev–Trinajstić information content (AvgIpc) is 2.93. The van der Waals surface area contributed by atoms with E-state index in [0.717, 1.165) is 61.8 Å². The number of anilines is 3. The molecule has 1 saturated heterocycles. The Bertz CT molecular complexity index is 1590. The molecule has 40 heavy (non-hydrogen) atoms. The molecule has 12 heteroatoms. The maximum absolute atomic E-state index is 11.9. The molecule has 0 radical (unpaired) electrons. The lowest BCUT2D eigenvalue weighted by molar-refractivity contribution is 0.0398. The Kier molecular flexibility index (Phi) is 8.40. The molecular formula is C28H32N6O5S. The molecule has 3 heterocycles. The van der Waals surface area contributed by atoms with Crippen LogP contribution in [0.15, 0.2) is 66.0 Å². The first-order valence-corrected chi connectivity index (χ1v) is 14.5. The molecule has 4 aromatic rings. The second kappa shape index (κ2) is 12.1. The molecule has 0 saturated carbocycles. The maximum Gasteiger partial charge on any atom is 0.294 e. The highest BCUT2D eigenvalue weighted by atomic mass is 32.2. The van der Waals surface area contributed by atoms with Gasteiger partial charge in [0.2, 0.25) is 0 Å². The number of ether oxygens (including phenoxy) is 2. The highest BCUT2D eigenvalue weighted by Gasteiger charge is 2.21. The molecule has 0 amide bonds. The van der Waals surface area contributed by atoms with Gasteiger partial charge in [-0.1, -0.05) is 23.8 Å². The Morgan fingerprint density at radius 1 is 1.10 bits per heavy atom. The second-order valence-corrected chi connectivity index (χ2v) is 11.0. The number of fused-ring (bicyclic) bond motifs is 1. The van der Waals surface area contributed by atoms with Gasteiger partial charge in [-0.3, -0.25) is 9.45 Å². The number of benzene rings is 2. The normalized spacial score (nSPS) is 15.1. The van der Waals surface area contributed by atoms with E-state index in [2.05, 4.69) is 30.5 Å². The van der Waals surface area contributed by atoms with E-state index in [4.69, 9.17) is 9.47 Å². The summed E-state index contributed by atoms with van der Waals surface area (Å²) < 4.78 is 45.0. The van der Waals surface area contributed by atoms with Crippen LogP contribution in [0.4, 0.5) is 17.3 Å². The Morgan fingerprint density at radius 2 is 1.93 bits per heavy atom. The number of nitrogens with one attached hydrogen (secondary N) is 2. The van der Waals surface area contributed by atoms with Crippen molar-refractivity contribution in [3.05, 3.63) is 72.2 Å². The number of aromatic nitrogens is 3. The predicted octanol–water partition coefficient (Wildman–Crippen LogP) is 4.21. The van der Waals surface area contributed by atoms with Gasteiger partial charge in [0.15, 0.2) is 0 Å². The van der Waals surface area contributed by atoms with Gasteiger partial charge in [0, 0.05) is 48.9 Å². The Labute approximate surface area is 233 Å². The van der Waals surface area contributed by atoms with E-state index < -0.39 is 16.2 Å².